The summed E-state index contributed by atoms with van der Waals surface area (Å²) in [4.78, 5) is 23.6. The second kappa shape index (κ2) is 11.5. The number of esters is 2. The zero-order chi connectivity index (χ0) is 22.0. The molecule has 164 valence electrons. The number of hydrogen-bond donors (Lipinski definition) is 0. The maximum Gasteiger partial charge on any atom is 0.317 e. The van der Waals surface area contributed by atoms with Crippen molar-refractivity contribution in [1.29, 1.82) is 0 Å². The SMILES string of the molecule is CCCCn1cc[n+](Cc2ccc(COC(=O)C(C)(COC)COC(C)=O)cc2)c1. The predicted octanol–water partition coefficient (Wildman–Crippen LogP) is 2.88. The average molecular weight is 418 g/mol. The molecule has 2 rings (SSSR count). The van der Waals surface area contributed by atoms with Crippen molar-refractivity contribution in [3.05, 3.63) is 54.1 Å². The van der Waals surface area contributed by atoms with Gasteiger partial charge in [0.05, 0.1) is 13.2 Å². The molecule has 0 radical (unpaired) electrons. The van der Waals surface area contributed by atoms with Crippen LogP contribution >= 0.6 is 0 Å². The number of carbonyl (C=O) groups is 2. The maximum atomic E-state index is 12.5. The summed E-state index contributed by atoms with van der Waals surface area (Å²) >= 11 is 0. The van der Waals surface area contributed by atoms with Crippen molar-refractivity contribution in [1.82, 2.24) is 4.57 Å². The van der Waals surface area contributed by atoms with E-state index in [1.165, 1.54) is 32.4 Å². The molecule has 1 heterocycles. The summed E-state index contributed by atoms with van der Waals surface area (Å²) in [5.41, 5.74) is 1.02. The summed E-state index contributed by atoms with van der Waals surface area (Å²) in [6, 6.07) is 7.98. The van der Waals surface area contributed by atoms with E-state index in [-0.39, 0.29) is 19.8 Å². The first-order valence-corrected chi connectivity index (χ1v) is 10.3. The van der Waals surface area contributed by atoms with E-state index in [1.54, 1.807) is 6.92 Å². The van der Waals surface area contributed by atoms with E-state index in [0.29, 0.717) is 0 Å². The largest absolute Gasteiger partial charge is 0.465 e. The highest BCUT2D eigenvalue weighted by Gasteiger charge is 2.36. The summed E-state index contributed by atoms with van der Waals surface area (Å²) in [5.74, 6) is -0.905. The van der Waals surface area contributed by atoms with Gasteiger partial charge in [-0.3, -0.25) is 9.59 Å². The molecule has 0 N–H and O–H groups in total. The molecule has 1 unspecified atom stereocenters. The van der Waals surface area contributed by atoms with Crippen LogP contribution in [0.1, 0.15) is 44.7 Å². The van der Waals surface area contributed by atoms with E-state index in [4.69, 9.17) is 14.2 Å². The molecule has 0 saturated carbocycles. The zero-order valence-corrected chi connectivity index (χ0v) is 18.4. The second-order valence-electron chi connectivity index (χ2n) is 7.84. The maximum absolute atomic E-state index is 12.5. The third-order valence-electron chi connectivity index (χ3n) is 4.82. The minimum atomic E-state index is -1.04. The summed E-state index contributed by atoms with van der Waals surface area (Å²) in [7, 11) is 1.49. The second-order valence-corrected chi connectivity index (χ2v) is 7.84. The van der Waals surface area contributed by atoms with Gasteiger partial charge >= 0.3 is 11.9 Å². The number of aromatic nitrogens is 2. The number of imidazole rings is 1. The monoisotopic (exact) mass is 417 g/mol. The van der Waals surface area contributed by atoms with Gasteiger partial charge in [0, 0.05) is 14.0 Å². The molecule has 0 saturated heterocycles. The van der Waals surface area contributed by atoms with Crippen molar-refractivity contribution in [2.45, 2.75) is 53.3 Å². The molecule has 0 aliphatic heterocycles. The van der Waals surface area contributed by atoms with Crippen LogP contribution in [0.25, 0.3) is 0 Å². The number of methoxy groups -OCH3 is 1. The van der Waals surface area contributed by atoms with Crippen LogP contribution in [0, 0.1) is 5.41 Å². The lowest BCUT2D eigenvalue weighted by atomic mass is 9.93. The lowest BCUT2D eigenvalue weighted by molar-refractivity contribution is -0.687. The summed E-state index contributed by atoms with van der Waals surface area (Å²) < 4.78 is 19.9. The molecule has 2 aromatic rings. The Labute approximate surface area is 178 Å². The molecule has 0 aliphatic rings. The Bertz CT molecular complexity index is 815. The van der Waals surface area contributed by atoms with Crippen LogP contribution in [-0.4, -0.2) is 36.8 Å². The quantitative estimate of drug-likeness (QED) is 0.392. The number of benzene rings is 1. The highest BCUT2D eigenvalue weighted by Crippen LogP contribution is 2.21. The Morgan fingerprint density at radius 3 is 2.43 bits per heavy atom. The number of hydrogen-bond acceptors (Lipinski definition) is 5. The number of carbonyl (C=O) groups excluding carboxylic acids is 2. The smallest absolute Gasteiger partial charge is 0.317 e. The number of aryl methyl sites for hydroxylation is 1. The highest BCUT2D eigenvalue weighted by molar-refractivity contribution is 5.77. The molecule has 1 aromatic carbocycles. The molecule has 0 spiro atoms. The van der Waals surface area contributed by atoms with Gasteiger partial charge in [0.2, 0.25) is 6.33 Å². The summed E-state index contributed by atoms with van der Waals surface area (Å²) in [6.07, 6.45) is 8.64. The van der Waals surface area contributed by atoms with Crippen LogP contribution in [0.3, 0.4) is 0 Å². The Morgan fingerprint density at radius 2 is 1.80 bits per heavy atom. The van der Waals surface area contributed by atoms with Crippen LogP contribution in [0.15, 0.2) is 43.0 Å². The molecule has 0 aliphatic carbocycles. The van der Waals surface area contributed by atoms with E-state index in [0.717, 1.165) is 18.7 Å². The highest BCUT2D eigenvalue weighted by atomic mass is 16.6. The van der Waals surface area contributed by atoms with E-state index >= 15 is 0 Å². The first kappa shape index (κ1) is 23.6. The van der Waals surface area contributed by atoms with Gasteiger partial charge in [0.1, 0.15) is 37.6 Å². The zero-order valence-electron chi connectivity index (χ0n) is 18.4. The third-order valence-corrected chi connectivity index (χ3v) is 4.82. The van der Waals surface area contributed by atoms with Crippen molar-refractivity contribution >= 4 is 11.9 Å². The molecule has 1 atom stereocenters. The van der Waals surface area contributed by atoms with E-state index in [2.05, 4.69) is 34.8 Å². The van der Waals surface area contributed by atoms with Crippen LogP contribution < -0.4 is 4.57 Å². The molecule has 0 amide bonds. The minimum absolute atomic E-state index is 0.0803. The van der Waals surface area contributed by atoms with Crippen molar-refractivity contribution in [3.8, 4) is 0 Å². The first-order chi connectivity index (χ1) is 14.4. The Morgan fingerprint density at radius 1 is 1.10 bits per heavy atom. The molecule has 7 heteroatoms. The van der Waals surface area contributed by atoms with Gasteiger partial charge in [-0.2, -0.15) is 0 Å². The van der Waals surface area contributed by atoms with Gasteiger partial charge in [-0.05, 0) is 24.5 Å². The number of rotatable bonds is 12. The van der Waals surface area contributed by atoms with Crippen molar-refractivity contribution < 1.29 is 28.4 Å². The van der Waals surface area contributed by atoms with Gasteiger partial charge in [-0.1, -0.05) is 37.6 Å². The molecule has 1 aromatic heterocycles. The fourth-order valence-corrected chi connectivity index (χ4v) is 3.02. The van der Waals surface area contributed by atoms with Gasteiger partial charge in [-0.25, -0.2) is 9.13 Å². The van der Waals surface area contributed by atoms with E-state index < -0.39 is 17.4 Å². The average Bonchev–Trinajstić information content (AvgIpc) is 3.17. The van der Waals surface area contributed by atoms with Crippen molar-refractivity contribution in [3.63, 3.8) is 0 Å². The lowest BCUT2D eigenvalue weighted by Crippen LogP contribution is -2.39. The fraction of sp³-hybridized carbons (Fsp3) is 0.522. The Balaban J connectivity index is 1.89. The normalized spacial score (nSPS) is 12.9. The predicted molar refractivity (Wildman–Crippen MR) is 111 cm³/mol. The third kappa shape index (κ3) is 7.30. The van der Waals surface area contributed by atoms with Crippen molar-refractivity contribution in [2.75, 3.05) is 20.3 Å². The van der Waals surface area contributed by atoms with Gasteiger partial charge in [-0.15, -0.1) is 0 Å². The van der Waals surface area contributed by atoms with E-state index in [1.807, 2.05) is 24.3 Å². The number of unbranched alkanes of at least 4 members (excludes halogenated alkanes) is 1. The van der Waals surface area contributed by atoms with Crippen LogP contribution in [0.5, 0.6) is 0 Å². The van der Waals surface area contributed by atoms with Crippen LogP contribution in [-0.2, 0) is 43.5 Å². The van der Waals surface area contributed by atoms with Crippen LogP contribution in [0.4, 0.5) is 0 Å². The van der Waals surface area contributed by atoms with Crippen LogP contribution in [0.2, 0.25) is 0 Å². The summed E-state index contributed by atoms with van der Waals surface area (Å²) in [6.45, 7) is 7.15. The Hall–Kier alpha value is -2.67. The lowest BCUT2D eigenvalue weighted by Gasteiger charge is -2.25. The molecule has 7 nitrogen and oxygen atoms in total. The van der Waals surface area contributed by atoms with E-state index in [9.17, 15) is 9.59 Å². The minimum Gasteiger partial charge on any atom is -0.465 e. The number of nitrogens with zero attached hydrogens (tertiary/aromatic N) is 2. The van der Waals surface area contributed by atoms with Gasteiger partial charge in [0.25, 0.3) is 0 Å². The molecule has 30 heavy (non-hydrogen) atoms. The topological polar surface area (TPSA) is 70.6 Å². The number of ether oxygens (including phenoxy) is 3. The van der Waals surface area contributed by atoms with Crippen molar-refractivity contribution in [2.24, 2.45) is 5.41 Å². The first-order valence-electron chi connectivity index (χ1n) is 10.3. The molecule has 0 bridgehead atoms. The standard InChI is InChI=1S/C23H33N2O5/c1-5-6-11-24-12-13-25(18-24)14-20-7-9-21(10-8-20)15-29-22(27)23(3,16-28-4)17-30-19(2)26/h7-10,12-13,18H,5-6,11,14-17H2,1-4H3/q+1. The Kier molecular flexibility index (Phi) is 9.05. The molecular weight excluding hydrogens is 384 g/mol. The summed E-state index contributed by atoms with van der Waals surface area (Å²) in [5, 5.41) is 0. The molecule has 0 fully saturated rings. The molecular formula is C23H33N2O5+. The fourth-order valence-electron chi connectivity index (χ4n) is 3.02. The van der Waals surface area contributed by atoms with Gasteiger partial charge in [0.15, 0.2) is 0 Å². The van der Waals surface area contributed by atoms with Gasteiger partial charge < -0.3 is 14.2 Å².